The van der Waals surface area contributed by atoms with E-state index >= 15 is 0 Å². The fraction of sp³-hybridized carbons (Fsp3) is 0.429. The van der Waals surface area contributed by atoms with Gasteiger partial charge >= 0.3 is 0 Å². The molecule has 0 aliphatic rings. The van der Waals surface area contributed by atoms with Crippen molar-refractivity contribution in [3.63, 3.8) is 0 Å². The maximum Gasteiger partial charge on any atom is 0.252 e. The molecule has 1 N–H and O–H groups in total. The van der Waals surface area contributed by atoms with Crippen LogP contribution in [0.2, 0.25) is 0 Å². The molecule has 3 nitrogen and oxygen atoms in total. The summed E-state index contributed by atoms with van der Waals surface area (Å²) in [7, 11) is 0. The van der Waals surface area contributed by atoms with Crippen LogP contribution in [0.1, 0.15) is 33.6 Å². The molecule has 0 fully saturated rings. The summed E-state index contributed by atoms with van der Waals surface area (Å²) in [6.07, 6.45) is 5.00. The molecular formula is C14H21NO2. The van der Waals surface area contributed by atoms with Crippen LogP contribution in [0, 0.1) is 0 Å². The summed E-state index contributed by atoms with van der Waals surface area (Å²) in [6, 6.07) is 0. The van der Waals surface area contributed by atoms with Crippen LogP contribution in [0.15, 0.2) is 36.5 Å². The third-order valence-corrected chi connectivity index (χ3v) is 3.08. The predicted octanol–water partition coefficient (Wildman–Crippen LogP) is 2.55. The first kappa shape index (κ1) is 15.4. The van der Waals surface area contributed by atoms with Gasteiger partial charge in [0.2, 0.25) is 0 Å². The first-order chi connectivity index (χ1) is 7.97. The second kappa shape index (κ2) is 6.84. The van der Waals surface area contributed by atoms with Gasteiger partial charge in [0.1, 0.15) is 0 Å². The summed E-state index contributed by atoms with van der Waals surface area (Å²) < 4.78 is 0. The van der Waals surface area contributed by atoms with Gasteiger partial charge in [0.05, 0.1) is 0 Å². The maximum atomic E-state index is 12.0. The highest BCUT2D eigenvalue weighted by Gasteiger charge is 2.23. The standard InChI is InChI=1S/C14H21NO2/c1-6-11(10-16)12(7-2)13(17)15-14(5,8-3)9-4/h6-7,10H,1-2,8-9H2,3-5H3,(H,15,17)/b12-11-. The number of rotatable bonds is 7. The Morgan fingerprint density at radius 2 is 1.76 bits per heavy atom. The fourth-order valence-electron chi connectivity index (χ4n) is 1.33. The summed E-state index contributed by atoms with van der Waals surface area (Å²) >= 11 is 0. The lowest BCUT2D eigenvalue weighted by molar-refractivity contribution is -0.119. The fourth-order valence-corrected chi connectivity index (χ4v) is 1.33. The van der Waals surface area contributed by atoms with Crippen LogP contribution in [-0.4, -0.2) is 17.7 Å². The Morgan fingerprint density at radius 3 is 2.06 bits per heavy atom. The molecule has 0 aliphatic heterocycles. The Kier molecular flexibility index (Phi) is 6.18. The van der Waals surface area contributed by atoms with Crippen LogP contribution in [0.3, 0.4) is 0 Å². The largest absolute Gasteiger partial charge is 0.347 e. The number of allylic oxidation sites excluding steroid dienone is 2. The van der Waals surface area contributed by atoms with E-state index < -0.39 is 0 Å². The highest BCUT2D eigenvalue weighted by molar-refractivity contribution is 6.02. The van der Waals surface area contributed by atoms with Gasteiger partial charge in [-0.2, -0.15) is 0 Å². The minimum absolute atomic E-state index is 0.257. The van der Waals surface area contributed by atoms with E-state index in [0.29, 0.717) is 6.29 Å². The summed E-state index contributed by atoms with van der Waals surface area (Å²) in [5, 5.41) is 2.92. The van der Waals surface area contributed by atoms with E-state index in [1.54, 1.807) is 0 Å². The monoisotopic (exact) mass is 235 g/mol. The quantitative estimate of drug-likeness (QED) is 0.419. The van der Waals surface area contributed by atoms with Crippen molar-refractivity contribution in [3.8, 4) is 0 Å². The molecule has 0 radical (unpaired) electrons. The summed E-state index contributed by atoms with van der Waals surface area (Å²) in [5.41, 5.74) is 0.260. The van der Waals surface area contributed by atoms with E-state index in [1.165, 1.54) is 12.2 Å². The Bertz CT molecular complexity index is 339. The molecule has 0 saturated heterocycles. The zero-order valence-corrected chi connectivity index (χ0v) is 10.9. The van der Waals surface area contributed by atoms with Crippen LogP contribution in [-0.2, 0) is 9.59 Å². The van der Waals surface area contributed by atoms with Crippen molar-refractivity contribution >= 4 is 12.2 Å². The molecule has 0 aromatic heterocycles. The molecule has 0 spiro atoms. The molecule has 94 valence electrons. The van der Waals surface area contributed by atoms with E-state index in [4.69, 9.17) is 0 Å². The van der Waals surface area contributed by atoms with Gasteiger partial charge in [-0.05, 0) is 19.8 Å². The van der Waals surface area contributed by atoms with Gasteiger partial charge < -0.3 is 5.32 Å². The minimum atomic E-state index is -0.284. The molecule has 0 heterocycles. The van der Waals surface area contributed by atoms with Crippen molar-refractivity contribution in [2.45, 2.75) is 39.2 Å². The van der Waals surface area contributed by atoms with E-state index in [9.17, 15) is 9.59 Å². The van der Waals surface area contributed by atoms with Crippen LogP contribution in [0.25, 0.3) is 0 Å². The Hall–Kier alpha value is -1.64. The average molecular weight is 235 g/mol. The highest BCUT2D eigenvalue weighted by atomic mass is 16.2. The van der Waals surface area contributed by atoms with Crippen LogP contribution < -0.4 is 5.32 Å². The predicted molar refractivity (Wildman–Crippen MR) is 70.6 cm³/mol. The molecular weight excluding hydrogens is 214 g/mol. The normalized spacial score (nSPS) is 12.4. The smallest absolute Gasteiger partial charge is 0.252 e. The number of carbonyl (C=O) groups is 2. The molecule has 1 amide bonds. The average Bonchev–Trinajstić information content (AvgIpc) is 2.35. The number of nitrogens with one attached hydrogen (secondary N) is 1. The highest BCUT2D eigenvalue weighted by Crippen LogP contribution is 2.15. The van der Waals surface area contributed by atoms with Gasteiger partial charge in [0.25, 0.3) is 5.91 Å². The van der Waals surface area contributed by atoms with Gasteiger partial charge in [-0.1, -0.05) is 39.2 Å². The first-order valence-electron chi connectivity index (χ1n) is 5.74. The molecule has 0 aliphatic carbocycles. The lowest BCUT2D eigenvalue weighted by Crippen LogP contribution is -2.45. The van der Waals surface area contributed by atoms with E-state index in [1.807, 2.05) is 20.8 Å². The number of aldehydes is 1. The van der Waals surface area contributed by atoms with E-state index in [-0.39, 0.29) is 22.6 Å². The minimum Gasteiger partial charge on any atom is -0.347 e. The van der Waals surface area contributed by atoms with Crippen LogP contribution in [0.5, 0.6) is 0 Å². The molecule has 0 rings (SSSR count). The van der Waals surface area contributed by atoms with Gasteiger partial charge in [-0.15, -0.1) is 0 Å². The molecule has 0 aromatic rings. The van der Waals surface area contributed by atoms with Crippen molar-refractivity contribution in [2.75, 3.05) is 0 Å². The molecule has 3 heteroatoms. The third kappa shape index (κ3) is 4.02. The lowest BCUT2D eigenvalue weighted by Gasteiger charge is -2.28. The van der Waals surface area contributed by atoms with Gasteiger partial charge in [-0.25, -0.2) is 0 Å². The zero-order chi connectivity index (χ0) is 13.5. The van der Waals surface area contributed by atoms with E-state index in [0.717, 1.165) is 12.8 Å². The van der Waals surface area contributed by atoms with Crippen LogP contribution >= 0.6 is 0 Å². The van der Waals surface area contributed by atoms with Crippen molar-refractivity contribution < 1.29 is 9.59 Å². The van der Waals surface area contributed by atoms with Gasteiger partial charge in [0, 0.05) is 16.7 Å². The number of hydrogen-bond acceptors (Lipinski definition) is 2. The molecule has 0 bridgehead atoms. The molecule has 17 heavy (non-hydrogen) atoms. The van der Waals surface area contributed by atoms with Crippen molar-refractivity contribution in [1.82, 2.24) is 5.32 Å². The van der Waals surface area contributed by atoms with Crippen molar-refractivity contribution in [1.29, 1.82) is 0 Å². The Balaban J connectivity index is 5.16. The first-order valence-corrected chi connectivity index (χ1v) is 5.74. The number of amides is 1. The summed E-state index contributed by atoms with van der Waals surface area (Å²) in [6.45, 7) is 13.0. The van der Waals surface area contributed by atoms with Crippen molar-refractivity contribution in [3.05, 3.63) is 36.5 Å². The van der Waals surface area contributed by atoms with Gasteiger partial charge in [-0.3, -0.25) is 9.59 Å². The topological polar surface area (TPSA) is 46.2 Å². The third-order valence-electron chi connectivity index (χ3n) is 3.08. The van der Waals surface area contributed by atoms with Crippen molar-refractivity contribution in [2.24, 2.45) is 0 Å². The molecule has 0 aromatic carbocycles. The number of carbonyl (C=O) groups excluding carboxylic acids is 2. The molecule has 0 unspecified atom stereocenters. The molecule has 0 atom stereocenters. The summed E-state index contributed by atoms with van der Waals surface area (Å²) in [5.74, 6) is -0.284. The Morgan fingerprint density at radius 1 is 1.24 bits per heavy atom. The van der Waals surface area contributed by atoms with Crippen LogP contribution in [0.4, 0.5) is 0 Å². The zero-order valence-electron chi connectivity index (χ0n) is 10.9. The number of hydrogen-bond donors (Lipinski definition) is 1. The second-order valence-corrected chi connectivity index (χ2v) is 4.12. The summed E-state index contributed by atoms with van der Waals surface area (Å²) in [4.78, 5) is 22.8. The van der Waals surface area contributed by atoms with Gasteiger partial charge in [0.15, 0.2) is 6.29 Å². The SMILES string of the molecule is C=C/C(C=O)=C(\C=C)C(=O)NC(C)(CC)CC. The lowest BCUT2D eigenvalue weighted by atomic mass is 9.94. The van der Waals surface area contributed by atoms with E-state index in [2.05, 4.69) is 18.5 Å². The molecule has 0 saturated carbocycles. The maximum absolute atomic E-state index is 12.0. The Labute approximate surface area is 103 Å². The second-order valence-electron chi connectivity index (χ2n) is 4.12.